The van der Waals surface area contributed by atoms with Gasteiger partial charge in [-0.2, -0.15) is 0 Å². The van der Waals surface area contributed by atoms with E-state index >= 15 is 0 Å². The fraction of sp³-hybridized carbons (Fsp3) is 1.00. The fourth-order valence-corrected chi connectivity index (χ4v) is 2.29. The third kappa shape index (κ3) is 2.96. The molecule has 0 aromatic carbocycles. The normalized spacial score (nSPS) is 30.2. The Morgan fingerprint density at radius 3 is 2.21 bits per heavy atom. The molecule has 1 fully saturated rings. The first-order valence-electron chi connectivity index (χ1n) is 5.96. The van der Waals surface area contributed by atoms with Crippen LogP contribution in [0.5, 0.6) is 0 Å². The molecule has 2 nitrogen and oxygen atoms in total. The standard InChI is InChI=1S/C12H26N2/c1-9(2)11-6-12(13-5)8-14(7-11)10(3)4/h9-13H,6-8H2,1-5H3. The van der Waals surface area contributed by atoms with Crippen molar-refractivity contribution < 1.29 is 0 Å². The first kappa shape index (κ1) is 12.0. The SMILES string of the molecule is CNC1CC(C(C)C)CN(C(C)C)C1. The van der Waals surface area contributed by atoms with Gasteiger partial charge in [0.1, 0.15) is 0 Å². The van der Waals surface area contributed by atoms with Gasteiger partial charge >= 0.3 is 0 Å². The molecule has 1 N–H and O–H groups in total. The largest absolute Gasteiger partial charge is 0.316 e. The minimum absolute atomic E-state index is 0.687. The zero-order valence-corrected chi connectivity index (χ0v) is 10.4. The second-order valence-corrected chi connectivity index (χ2v) is 5.27. The first-order chi connectivity index (χ1) is 6.54. The van der Waals surface area contributed by atoms with E-state index in [1.807, 2.05) is 0 Å². The Morgan fingerprint density at radius 1 is 1.14 bits per heavy atom. The second kappa shape index (κ2) is 5.13. The molecule has 0 aliphatic carbocycles. The summed E-state index contributed by atoms with van der Waals surface area (Å²) in [6.07, 6.45) is 1.34. The van der Waals surface area contributed by atoms with Crippen molar-refractivity contribution in [3.05, 3.63) is 0 Å². The molecule has 1 saturated heterocycles. The molecule has 0 radical (unpaired) electrons. The highest BCUT2D eigenvalue weighted by molar-refractivity contribution is 4.85. The highest BCUT2D eigenvalue weighted by Crippen LogP contribution is 2.24. The van der Waals surface area contributed by atoms with Gasteiger partial charge in [-0.3, -0.25) is 4.90 Å². The van der Waals surface area contributed by atoms with Gasteiger partial charge in [0.25, 0.3) is 0 Å². The Hall–Kier alpha value is -0.0800. The number of likely N-dealkylation sites (N-methyl/N-ethyl adjacent to an activating group) is 1. The van der Waals surface area contributed by atoms with E-state index in [0.29, 0.717) is 12.1 Å². The van der Waals surface area contributed by atoms with E-state index in [-0.39, 0.29) is 0 Å². The van der Waals surface area contributed by atoms with Gasteiger partial charge in [0.2, 0.25) is 0 Å². The summed E-state index contributed by atoms with van der Waals surface area (Å²) in [6.45, 7) is 11.8. The Balaban J connectivity index is 2.56. The zero-order chi connectivity index (χ0) is 10.7. The molecule has 84 valence electrons. The molecule has 0 aromatic heterocycles. The van der Waals surface area contributed by atoms with Gasteiger partial charge < -0.3 is 5.32 Å². The topological polar surface area (TPSA) is 15.3 Å². The molecule has 2 atom stereocenters. The Kier molecular flexibility index (Phi) is 4.39. The van der Waals surface area contributed by atoms with Crippen LogP contribution in [0.4, 0.5) is 0 Å². The predicted octanol–water partition coefficient (Wildman–Crippen LogP) is 1.96. The molecule has 0 bridgehead atoms. The number of hydrogen-bond donors (Lipinski definition) is 1. The maximum Gasteiger partial charge on any atom is 0.0195 e. The lowest BCUT2D eigenvalue weighted by atomic mass is 9.85. The minimum Gasteiger partial charge on any atom is -0.316 e. The van der Waals surface area contributed by atoms with Gasteiger partial charge in [-0.05, 0) is 39.2 Å². The lowest BCUT2D eigenvalue weighted by Gasteiger charge is -2.41. The summed E-state index contributed by atoms with van der Waals surface area (Å²) in [7, 11) is 2.09. The molecule has 1 rings (SSSR count). The molecule has 2 unspecified atom stereocenters. The molecule has 14 heavy (non-hydrogen) atoms. The predicted molar refractivity (Wildman–Crippen MR) is 62.5 cm³/mol. The van der Waals surface area contributed by atoms with E-state index in [0.717, 1.165) is 11.8 Å². The lowest BCUT2D eigenvalue weighted by Crippen LogP contribution is -2.51. The maximum atomic E-state index is 3.43. The summed E-state index contributed by atoms with van der Waals surface area (Å²) >= 11 is 0. The Bertz CT molecular complexity index is 150. The van der Waals surface area contributed by atoms with Crippen LogP contribution in [-0.2, 0) is 0 Å². The van der Waals surface area contributed by atoms with Gasteiger partial charge in [0.15, 0.2) is 0 Å². The molecule has 1 aliphatic rings. The molecule has 1 aliphatic heterocycles. The van der Waals surface area contributed by atoms with Crippen LogP contribution in [0.25, 0.3) is 0 Å². The zero-order valence-electron chi connectivity index (χ0n) is 10.4. The molecule has 1 heterocycles. The molecule has 2 heteroatoms. The summed E-state index contributed by atoms with van der Waals surface area (Å²) in [6, 6.07) is 1.38. The van der Waals surface area contributed by atoms with E-state index in [1.165, 1.54) is 19.5 Å². The molecule has 0 saturated carbocycles. The second-order valence-electron chi connectivity index (χ2n) is 5.27. The summed E-state index contributed by atoms with van der Waals surface area (Å²) < 4.78 is 0. The van der Waals surface area contributed by atoms with E-state index in [2.05, 4.69) is 45.0 Å². The molecule has 0 spiro atoms. The quantitative estimate of drug-likeness (QED) is 0.746. The number of likely N-dealkylation sites (tertiary alicyclic amines) is 1. The smallest absolute Gasteiger partial charge is 0.0195 e. The van der Waals surface area contributed by atoms with Crippen molar-refractivity contribution in [3.8, 4) is 0 Å². The van der Waals surface area contributed by atoms with Crippen molar-refractivity contribution in [2.24, 2.45) is 11.8 Å². The van der Waals surface area contributed by atoms with Crippen molar-refractivity contribution in [3.63, 3.8) is 0 Å². The number of piperidine rings is 1. The molecule has 0 amide bonds. The Morgan fingerprint density at radius 2 is 1.79 bits per heavy atom. The maximum absolute atomic E-state index is 3.43. The van der Waals surface area contributed by atoms with Crippen LogP contribution in [0.15, 0.2) is 0 Å². The van der Waals surface area contributed by atoms with Crippen LogP contribution in [0, 0.1) is 11.8 Å². The van der Waals surface area contributed by atoms with Crippen LogP contribution in [-0.4, -0.2) is 37.1 Å². The minimum atomic E-state index is 0.687. The number of nitrogens with one attached hydrogen (secondary N) is 1. The summed E-state index contributed by atoms with van der Waals surface area (Å²) in [4.78, 5) is 2.61. The summed E-state index contributed by atoms with van der Waals surface area (Å²) in [5.74, 6) is 1.68. The van der Waals surface area contributed by atoms with Crippen LogP contribution in [0.1, 0.15) is 34.1 Å². The lowest BCUT2D eigenvalue weighted by molar-refractivity contribution is 0.0932. The average molecular weight is 198 g/mol. The monoisotopic (exact) mass is 198 g/mol. The molecule has 0 aromatic rings. The van der Waals surface area contributed by atoms with Gasteiger partial charge in [-0.1, -0.05) is 13.8 Å². The fourth-order valence-electron chi connectivity index (χ4n) is 2.29. The third-order valence-electron chi connectivity index (χ3n) is 3.59. The van der Waals surface area contributed by atoms with Gasteiger partial charge in [0, 0.05) is 25.2 Å². The number of nitrogens with zero attached hydrogens (tertiary/aromatic N) is 1. The van der Waals surface area contributed by atoms with Gasteiger partial charge in [-0.15, -0.1) is 0 Å². The summed E-state index contributed by atoms with van der Waals surface area (Å²) in [5, 5.41) is 3.43. The van der Waals surface area contributed by atoms with Crippen molar-refractivity contribution in [2.75, 3.05) is 20.1 Å². The molecular formula is C12H26N2. The van der Waals surface area contributed by atoms with E-state index in [9.17, 15) is 0 Å². The van der Waals surface area contributed by atoms with Crippen LogP contribution < -0.4 is 5.32 Å². The van der Waals surface area contributed by atoms with Crippen LogP contribution >= 0.6 is 0 Å². The number of hydrogen-bond acceptors (Lipinski definition) is 2. The van der Waals surface area contributed by atoms with E-state index < -0.39 is 0 Å². The van der Waals surface area contributed by atoms with E-state index in [1.54, 1.807) is 0 Å². The Labute approximate surface area is 89.1 Å². The highest BCUT2D eigenvalue weighted by atomic mass is 15.2. The van der Waals surface area contributed by atoms with Crippen LogP contribution in [0.2, 0.25) is 0 Å². The van der Waals surface area contributed by atoms with Crippen molar-refractivity contribution in [1.29, 1.82) is 0 Å². The van der Waals surface area contributed by atoms with Gasteiger partial charge in [0.05, 0.1) is 0 Å². The van der Waals surface area contributed by atoms with Crippen molar-refractivity contribution in [2.45, 2.75) is 46.2 Å². The molecular weight excluding hydrogens is 172 g/mol. The van der Waals surface area contributed by atoms with Crippen molar-refractivity contribution in [1.82, 2.24) is 10.2 Å². The van der Waals surface area contributed by atoms with Crippen LogP contribution in [0.3, 0.4) is 0 Å². The number of rotatable bonds is 3. The summed E-state index contributed by atoms with van der Waals surface area (Å²) in [5.41, 5.74) is 0. The van der Waals surface area contributed by atoms with E-state index in [4.69, 9.17) is 0 Å². The van der Waals surface area contributed by atoms with Crippen molar-refractivity contribution >= 4 is 0 Å². The first-order valence-corrected chi connectivity index (χ1v) is 5.96. The van der Waals surface area contributed by atoms with Gasteiger partial charge in [-0.25, -0.2) is 0 Å². The third-order valence-corrected chi connectivity index (χ3v) is 3.59. The highest BCUT2D eigenvalue weighted by Gasteiger charge is 2.28. The average Bonchev–Trinajstić information content (AvgIpc) is 2.16.